The van der Waals surface area contributed by atoms with Gasteiger partial charge >= 0.3 is 0 Å². The van der Waals surface area contributed by atoms with Crippen molar-refractivity contribution >= 4 is 5.78 Å². The summed E-state index contributed by atoms with van der Waals surface area (Å²) in [4.78, 5) is 13.4. The van der Waals surface area contributed by atoms with Crippen molar-refractivity contribution in [3.05, 3.63) is 12.2 Å². The summed E-state index contributed by atoms with van der Waals surface area (Å²) >= 11 is 0. The van der Waals surface area contributed by atoms with Gasteiger partial charge in [-0.1, -0.05) is 53.7 Å². The van der Waals surface area contributed by atoms with Crippen LogP contribution in [0.4, 0.5) is 0 Å². The van der Waals surface area contributed by atoms with Crippen LogP contribution >= 0.6 is 0 Å². The van der Waals surface area contributed by atoms with E-state index in [0.717, 1.165) is 42.9 Å². The third kappa shape index (κ3) is 3.41. The van der Waals surface area contributed by atoms with Crippen LogP contribution in [-0.4, -0.2) is 18.0 Å². The van der Waals surface area contributed by atoms with Crippen LogP contribution in [0.1, 0.15) is 92.9 Å². The highest BCUT2D eigenvalue weighted by atomic mass is 16.6. The number of epoxide rings is 1. The van der Waals surface area contributed by atoms with Gasteiger partial charge in [0, 0.05) is 12.3 Å². The third-order valence-electron chi connectivity index (χ3n) is 11.4. The van der Waals surface area contributed by atoms with E-state index < -0.39 is 0 Å². The lowest BCUT2D eigenvalue weighted by molar-refractivity contribution is -0.152. The maximum Gasteiger partial charge on any atom is 0.136 e. The number of fused-ring (bicyclic) bond motifs is 6. The summed E-state index contributed by atoms with van der Waals surface area (Å²) in [5.74, 6) is 5.85. The van der Waals surface area contributed by atoms with Gasteiger partial charge in [0.05, 0.1) is 12.2 Å². The zero-order chi connectivity index (χ0) is 22.1. The number of hydrogen-bond acceptors (Lipinski definition) is 2. The Balaban J connectivity index is 1.35. The molecule has 0 aromatic heterocycles. The van der Waals surface area contributed by atoms with Gasteiger partial charge in [0.2, 0.25) is 0 Å². The zero-order valence-electron chi connectivity index (χ0n) is 20.9. The van der Waals surface area contributed by atoms with Crippen LogP contribution in [0, 0.1) is 58.2 Å². The van der Waals surface area contributed by atoms with Gasteiger partial charge in [-0.2, -0.15) is 0 Å². The predicted molar refractivity (Wildman–Crippen MR) is 127 cm³/mol. The monoisotopic (exact) mass is 426 g/mol. The van der Waals surface area contributed by atoms with E-state index in [2.05, 4.69) is 53.7 Å². The molecule has 31 heavy (non-hydrogen) atoms. The predicted octanol–water partition coefficient (Wildman–Crippen LogP) is 7.08. The molecule has 2 heteroatoms. The standard InChI is InChI=1S/C29H46O2/c1-7-19(17(2)3)9-8-18(4)21-10-11-22-20-14-25(30)24-15-26-27(31-26)16-29(24,6)23(20)12-13-28(21,22)5/h8-9,17-24,26-27H,7,10-16H2,1-6H3/b9-8+/t18-,19-,20+,21-,22+,23+,24-,26+,27-,28-,29-/m1/s1. The van der Waals surface area contributed by atoms with Gasteiger partial charge in [-0.05, 0) is 97.2 Å². The molecule has 0 spiro atoms. The number of Topliss-reactive ketones (excluding diaryl/α,β-unsaturated/α-hetero) is 1. The smallest absolute Gasteiger partial charge is 0.136 e. The molecule has 0 aromatic carbocycles. The van der Waals surface area contributed by atoms with Crippen LogP contribution in [0.3, 0.4) is 0 Å². The number of carbonyl (C=O) groups excluding carboxylic acids is 1. The molecule has 0 radical (unpaired) electrons. The van der Waals surface area contributed by atoms with Crippen LogP contribution in [0.5, 0.6) is 0 Å². The van der Waals surface area contributed by atoms with Crippen molar-refractivity contribution in [2.45, 2.75) is 105 Å². The fraction of sp³-hybridized carbons (Fsp3) is 0.897. The fourth-order valence-corrected chi connectivity index (χ4v) is 9.50. The van der Waals surface area contributed by atoms with Gasteiger partial charge < -0.3 is 4.74 Å². The second kappa shape index (κ2) is 7.71. The van der Waals surface area contributed by atoms with Crippen LogP contribution in [-0.2, 0) is 9.53 Å². The molecule has 1 heterocycles. The van der Waals surface area contributed by atoms with E-state index in [1.807, 2.05) is 0 Å². The van der Waals surface area contributed by atoms with E-state index >= 15 is 0 Å². The van der Waals surface area contributed by atoms with Crippen LogP contribution in [0.2, 0.25) is 0 Å². The van der Waals surface area contributed by atoms with E-state index in [4.69, 9.17) is 4.74 Å². The molecule has 0 bridgehead atoms. The highest BCUT2D eigenvalue weighted by Gasteiger charge is 2.65. The molecule has 11 atom stereocenters. The molecule has 1 saturated heterocycles. The first kappa shape index (κ1) is 22.2. The van der Waals surface area contributed by atoms with Gasteiger partial charge in [0.15, 0.2) is 0 Å². The molecule has 0 amide bonds. The second-order valence-corrected chi connectivity index (χ2v) is 13.0. The summed E-state index contributed by atoms with van der Waals surface area (Å²) in [6, 6.07) is 0. The molecular weight excluding hydrogens is 380 g/mol. The van der Waals surface area contributed by atoms with Crippen molar-refractivity contribution in [1.29, 1.82) is 0 Å². The first-order chi connectivity index (χ1) is 14.7. The summed E-state index contributed by atoms with van der Waals surface area (Å²) in [5.41, 5.74) is 0.620. The maximum absolute atomic E-state index is 13.4. The van der Waals surface area contributed by atoms with E-state index in [1.54, 1.807) is 0 Å². The minimum absolute atomic E-state index is 0.203. The van der Waals surface area contributed by atoms with E-state index in [0.29, 0.717) is 41.2 Å². The lowest BCUT2D eigenvalue weighted by Gasteiger charge is -2.59. The first-order valence-electron chi connectivity index (χ1n) is 13.6. The third-order valence-corrected chi connectivity index (χ3v) is 11.4. The van der Waals surface area contributed by atoms with Gasteiger partial charge in [-0.3, -0.25) is 4.79 Å². The lowest BCUT2D eigenvalue weighted by Crippen LogP contribution is -2.56. The average molecular weight is 427 g/mol. The molecule has 5 aliphatic rings. The molecule has 4 aliphatic carbocycles. The first-order valence-corrected chi connectivity index (χ1v) is 13.6. The zero-order valence-corrected chi connectivity index (χ0v) is 20.9. The molecule has 4 saturated carbocycles. The number of hydrogen-bond donors (Lipinski definition) is 0. The topological polar surface area (TPSA) is 29.6 Å². The second-order valence-electron chi connectivity index (χ2n) is 13.0. The Kier molecular flexibility index (Phi) is 5.52. The van der Waals surface area contributed by atoms with Crippen molar-refractivity contribution < 1.29 is 9.53 Å². The Hall–Kier alpha value is -0.630. The van der Waals surface area contributed by atoms with Gasteiger partial charge in [0.25, 0.3) is 0 Å². The SMILES string of the molecule is CC[C@H](/C=C/[C@@H](C)[C@H]1CC[C@H]2[C@@H]3CC(=O)[C@H]4C[C@@H]5O[C@@H]5C[C@]4(C)[C@H]3CC[C@]12C)C(C)C. The largest absolute Gasteiger partial charge is 0.370 e. The van der Waals surface area contributed by atoms with Gasteiger partial charge in [-0.25, -0.2) is 0 Å². The maximum atomic E-state index is 13.4. The Morgan fingerprint density at radius 3 is 2.48 bits per heavy atom. The number of allylic oxidation sites excluding steroid dienone is 2. The number of ether oxygens (including phenoxy) is 1. The van der Waals surface area contributed by atoms with Crippen molar-refractivity contribution in [1.82, 2.24) is 0 Å². The normalized spacial score (nSPS) is 50.5. The van der Waals surface area contributed by atoms with Crippen LogP contribution < -0.4 is 0 Å². The molecule has 0 N–H and O–H groups in total. The Labute approximate surface area is 191 Å². The summed E-state index contributed by atoms with van der Waals surface area (Å²) in [6.07, 6.45) is 15.7. The van der Waals surface area contributed by atoms with Gasteiger partial charge in [0.1, 0.15) is 5.78 Å². The van der Waals surface area contributed by atoms with Crippen molar-refractivity contribution in [3.8, 4) is 0 Å². The molecule has 174 valence electrons. The molecular formula is C29H46O2. The number of ketones is 1. The minimum atomic E-state index is 0.203. The van der Waals surface area contributed by atoms with Gasteiger partial charge in [-0.15, -0.1) is 0 Å². The minimum Gasteiger partial charge on any atom is -0.370 e. The van der Waals surface area contributed by atoms with E-state index in [-0.39, 0.29) is 11.3 Å². The van der Waals surface area contributed by atoms with Crippen molar-refractivity contribution in [3.63, 3.8) is 0 Å². The fourth-order valence-electron chi connectivity index (χ4n) is 9.50. The molecule has 5 rings (SSSR count). The quantitative estimate of drug-likeness (QED) is 0.347. The highest BCUT2D eigenvalue weighted by molar-refractivity contribution is 5.83. The number of rotatable bonds is 5. The summed E-state index contributed by atoms with van der Waals surface area (Å²) in [5, 5.41) is 0. The van der Waals surface area contributed by atoms with Crippen molar-refractivity contribution in [2.75, 3.05) is 0 Å². The summed E-state index contributed by atoms with van der Waals surface area (Å²) in [7, 11) is 0. The molecule has 5 fully saturated rings. The molecule has 0 aromatic rings. The average Bonchev–Trinajstić information content (AvgIpc) is 3.36. The van der Waals surface area contributed by atoms with Crippen LogP contribution in [0.25, 0.3) is 0 Å². The van der Waals surface area contributed by atoms with Crippen LogP contribution in [0.15, 0.2) is 12.2 Å². The number of carbonyl (C=O) groups is 1. The van der Waals surface area contributed by atoms with Crippen molar-refractivity contribution in [2.24, 2.45) is 58.2 Å². The Morgan fingerprint density at radius 1 is 1.03 bits per heavy atom. The Morgan fingerprint density at radius 2 is 1.77 bits per heavy atom. The summed E-state index contributed by atoms with van der Waals surface area (Å²) in [6.45, 7) is 14.6. The van der Waals surface area contributed by atoms with E-state index in [1.165, 1.54) is 32.1 Å². The molecule has 1 aliphatic heterocycles. The molecule has 0 unspecified atom stereocenters. The summed E-state index contributed by atoms with van der Waals surface area (Å²) < 4.78 is 5.93. The lowest BCUT2D eigenvalue weighted by atomic mass is 9.44. The highest BCUT2D eigenvalue weighted by Crippen LogP contribution is 2.68. The van der Waals surface area contributed by atoms with E-state index in [9.17, 15) is 4.79 Å². The molecule has 2 nitrogen and oxygen atoms in total. The Bertz CT molecular complexity index is 739.